The normalized spacial score (nSPS) is 18.4. The van der Waals surface area contributed by atoms with Crippen molar-refractivity contribution < 1.29 is 9.47 Å². The molecular weight excluding hydrogens is 414 g/mol. The molecule has 0 amide bonds. The molecule has 3 heterocycles. The number of likely N-dealkylation sites (tertiary alicyclic amines) is 1. The molecule has 0 saturated carbocycles. The van der Waals surface area contributed by atoms with Crippen LogP contribution in [0.5, 0.6) is 5.75 Å². The number of rotatable bonds is 8. The molecule has 0 unspecified atom stereocenters. The Morgan fingerprint density at radius 2 is 1.91 bits per heavy atom. The van der Waals surface area contributed by atoms with Crippen LogP contribution >= 0.6 is 0 Å². The van der Waals surface area contributed by atoms with Gasteiger partial charge in [0.15, 0.2) is 0 Å². The van der Waals surface area contributed by atoms with Crippen molar-refractivity contribution in [2.24, 2.45) is 5.41 Å². The number of aromatic nitrogens is 1. The second-order valence-corrected chi connectivity index (χ2v) is 8.88. The van der Waals surface area contributed by atoms with Crippen molar-refractivity contribution in [2.45, 2.75) is 26.4 Å². The van der Waals surface area contributed by atoms with Crippen LogP contribution in [0.3, 0.4) is 0 Å². The molecular formula is C27H33N3O3. The lowest BCUT2D eigenvalue weighted by Gasteiger charge is -2.54. The fourth-order valence-corrected chi connectivity index (χ4v) is 4.61. The lowest BCUT2D eigenvalue weighted by molar-refractivity contribution is -0.000952. The zero-order chi connectivity index (χ0) is 23.3. The van der Waals surface area contributed by atoms with E-state index in [1.54, 1.807) is 30.0 Å². The first kappa shape index (κ1) is 22.9. The largest absolute Gasteiger partial charge is 0.495 e. The molecule has 0 aliphatic carbocycles. The van der Waals surface area contributed by atoms with E-state index in [0.29, 0.717) is 23.5 Å². The predicted octanol–water partition coefficient (Wildman–Crippen LogP) is 4.02. The number of benzene rings is 1. The Bertz CT molecular complexity index is 1090. The van der Waals surface area contributed by atoms with Gasteiger partial charge < -0.3 is 19.7 Å². The van der Waals surface area contributed by atoms with Crippen molar-refractivity contribution in [1.82, 2.24) is 14.8 Å². The number of allylic oxidation sites excluding steroid dienone is 4. The van der Waals surface area contributed by atoms with Crippen LogP contribution in [0.25, 0.3) is 5.70 Å². The van der Waals surface area contributed by atoms with E-state index in [-0.39, 0.29) is 5.56 Å². The van der Waals surface area contributed by atoms with Crippen LogP contribution in [0, 0.1) is 5.41 Å². The quantitative estimate of drug-likeness (QED) is 0.489. The SMILES string of the molecule is C=C/C(=C\C(OC)=C(/C)N1CC2(CCNCC2)C1)n1ccc(OCc2ccccc2)cc1=O. The van der Waals surface area contributed by atoms with Crippen molar-refractivity contribution in [3.8, 4) is 5.75 Å². The second kappa shape index (κ2) is 10.1. The minimum Gasteiger partial charge on any atom is -0.495 e. The Hall–Kier alpha value is -3.25. The highest BCUT2D eigenvalue weighted by Crippen LogP contribution is 2.41. The van der Waals surface area contributed by atoms with Crippen molar-refractivity contribution in [3.63, 3.8) is 0 Å². The maximum absolute atomic E-state index is 12.8. The molecule has 6 heteroatoms. The van der Waals surface area contributed by atoms with Crippen LogP contribution in [-0.2, 0) is 11.3 Å². The van der Waals surface area contributed by atoms with Crippen molar-refractivity contribution in [3.05, 3.63) is 94.8 Å². The molecule has 6 nitrogen and oxygen atoms in total. The van der Waals surface area contributed by atoms with Gasteiger partial charge in [0.1, 0.15) is 18.1 Å². The van der Waals surface area contributed by atoms with Gasteiger partial charge in [-0.2, -0.15) is 0 Å². The third-order valence-electron chi connectivity index (χ3n) is 6.67. The average Bonchev–Trinajstić information content (AvgIpc) is 2.83. The number of methoxy groups -OCH3 is 1. The molecule has 174 valence electrons. The lowest BCUT2D eigenvalue weighted by Crippen LogP contribution is -2.59. The maximum atomic E-state index is 12.8. The number of ether oxygens (including phenoxy) is 2. The predicted molar refractivity (Wildman–Crippen MR) is 132 cm³/mol. The minimum absolute atomic E-state index is 0.183. The van der Waals surface area contributed by atoms with E-state index in [0.717, 1.165) is 43.2 Å². The van der Waals surface area contributed by atoms with Crippen molar-refractivity contribution in [2.75, 3.05) is 33.3 Å². The van der Waals surface area contributed by atoms with Crippen LogP contribution in [0.4, 0.5) is 0 Å². The highest BCUT2D eigenvalue weighted by atomic mass is 16.5. The third kappa shape index (κ3) is 5.22. The summed E-state index contributed by atoms with van der Waals surface area (Å²) in [7, 11) is 1.67. The highest BCUT2D eigenvalue weighted by molar-refractivity contribution is 5.60. The summed E-state index contributed by atoms with van der Waals surface area (Å²) in [6.07, 6.45) is 7.71. The van der Waals surface area contributed by atoms with E-state index in [1.165, 1.54) is 18.9 Å². The standard InChI is InChI=1S/C27H33N3O3/c1-4-23(16-25(32-3)21(2)29-19-27(20-29)11-13-28-14-12-27)30-15-10-24(17-26(30)31)33-18-22-8-6-5-7-9-22/h4-10,15-17,28H,1,11-14,18-20H2,2-3H3/b23-16+,25-21-. The fraction of sp³-hybridized carbons (Fsp3) is 0.370. The van der Waals surface area contributed by atoms with Crippen molar-refractivity contribution in [1.29, 1.82) is 0 Å². The molecule has 1 spiro atoms. The molecule has 2 fully saturated rings. The Kier molecular flexibility index (Phi) is 7.04. The van der Waals surface area contributed by atoms with Gasteiger partial charge in [0.05, 0.1) is 18.5 Å². The molecule has 0 atom stereocenters. The first-order valence-electron chi connectivity index (χ1n) is 11.5. The van der Waals surface area contributed by atoms with Gasteiger partial charge in [-0.25, -0.2) is 0 Å². The Labute approximate surface area is 195 Å². The van der Waals surface area contributed by atoms with Gasteiger partial charge in [0.2, 0.25) is 0 Å². The molecule has 2 aromatic rings. The van der Waals surface area contributed by atoms with Crippen LogP contribution in [-0.4, -0.2) is 42.8 Å². The minimum atomic E-state index is -0.183. The Balaban J connectivity index is 1.49. The Morgan fingerprint density at radius 1 is 1.18 bits per heavy atom. The molecule has 2 aliphatic rings. The summed E-state index contributed by atoms with van der Waals surface area (Å²) >= 11 is 0. The van der Waals surface area contributed by atoms with Crippen LogP contribution < -0.4 is 15.6 Å². The summed E-state index contributed by atoms with van der Waals surface area (Å²) in [5.41, 5.74) is 3.04. The van der Waals surface area contributed by atoms with Crippen molar-refractivity contribution >= 4 is 5.70 Å². The fourth-order valence-electron chi connectivity index (χ4n) is 4.61. The monoisotopic (exact) mass is 447 g/mol. The molecule has 1 N–H and O–H groups in total. The Morgan fingerprint density at radius 3 is 2.55 bits per heavy atom. The average molecular weight is 448 g/mol. The van der Waals surface area contributed by atoms with Crippen LogP contribution in [0.2, 0.25) is 0 Å². The second-order valence-electron chi connectivity index (χ2n) is 8.88. The molecule has 33 heavy (non-hydrogen) atoms. The summed E-state index contributed by atoms with van der Waals surface area (Å²) in [5.74, 6) is 1.28. The topological polar surface area (TPSA) is 55.7 Å². The first-order chi connectivity index (χ1) is 16.0. The van der Waals surface area contributed by atoms with E-state index in [9.17, 15) is 4.79 Å². The summed E-state index contributed by atoms with van der Waals surface area (Å²) in [5, 5.41) is 3.45. The molecule has 2 aliphatic heterocycles. The third-order valence-corrected chi connectivity index (χ3v) is 6.67. The van der Waals surface area contributed by atoms with E-state index in [1.807, 2.05) is 36.4 Å². The number of piperidine rings is 1. The number of pyridine rings is 1. The summed E-state index contributed by atoms with van der Waals surface area (Å²) in [6.45, 7) is 10.7. The van der Waals surface area contributed by atoms with E-state index in [4.69, 9.17) is 9.47 Å². The van der Waals surface area contributed by atoms with Gasteiger partial charge >= 0.3 is 0 Å². The molecule has 1 aromatic heterocycles. The molecule has 1 aromatic carbocycles. The van der Waals surface area contributed by atoms with Gasteiger partial charge in [-0.3, -0.25) is 9.36 Å². The van der Waals surface area contributed by atoms with Gasteiger partial charge in [-0.15, -0.1) is 0 Å². The summed E-state index contributed by atoms with van der Waals surface area (Å²) in [6, 6.07) is 13.2. The van der Waals surface area contributed by atoms with Gasteiger partial charge in [0, 0.05) is 36.8 Å². The molecule has 0 bridgehead atoms. The highest BCUT2D eigenvalue weighted by Gasteiger charge is 2.43. The lowest BCUT2D eigenvalue weighted by atomic mass is 9.72. The number of hydrogen-bond donors (Lipinski definition) is 1. The van der Waals surface area contributed by atoms with Crippen LogP contribution in [0.15, 0.2) is 83.6 Å². The van der Waals surface area contributed by atoms with Gasteiger partial charge in [-0.05, 0) is 50.6 Å². The number of nitrogens with zero attached hydrogens (tertiary/aromatic N) is 2. The maximum Gasteiger partial charge on any atom is 0.258 e. The van der Waals surface area contributed by atoms with Gasteiger partial charge in [0.25, 0.3) is 5.56 Å². The zero-order valence-corrected chi connectivity index (χ0v) is 19.5. The zero-order valence-electron chi connectivity index (χ0n) is 19.5. The number of hydrogen-bond acceptors (Lipinski definition) is 5. The molecule has 0 radical (unpaired) electrons. The van der Waals surface area contributed by atoms with E-state index >= 15 is 0 Å². The van der Waals surface area contributed by atoms with Gasteiger partial charge in [-0.1, -0.05) is 36.9 Å². The van der Waals surface area contributed by atoms with E-state index < -0.39 is 0 Å². The molecule has 2 saturated heterocycles. The van der Waals surface area contributed by atoms with Crippen LogP contribution in [0.1, 0.15) is 25.3 Å². The summed E-state index contributed by atoms with van der Waals surface area (Å²) < 4.78 is 13.1. The molecule has 4 rings (SSSR count). The number of nitrogens with one attached hydrogen (secondary N) is 1. The smallest absolute Gasteiger partial charge is 0.258 e. The summed E-state index contributed by atoms with van der Waals surface area (Å²) in [4.78, 5) is 15.2. The van der Waals surface area contributed by atoms with E-state index in [2.05, 4.69) is 23.7 Å². The first-order valence-corrected chi connectivity index (χ1v) is 11.5.